The van der Waals surface area contributed by atoms with Crippen LogP contribution in [0.15, 0.2) is 58.9 Å². The number of carbonyl (C=O) groups is 1. The SMILES string of the molecule is C=CC(=O)N1CCN(c2nc(=O)n3c4nc(c(F)cc24)-c2c(F)cccc2CCCSc2ccnc(C(C)C)c2-3)C2C[C@H]21. The number of nitrogens with zero attached hydrogens (tertiary/aromatic N) is 6. The average Bonchev–Trinajstić information content (AvgIpc) is 3.79. The number of anilines is 1. The number of hydrogen-bond donors (Lipinski definition) is 0. The number of benzene rings is 1. The molecule has 1 unspecified atom stereocenters. The van der Waals surface area contributed by atoms with Crippen LogP contribution >= 0.6 is 11.8 Å². The number of fused-ring (bicyclic) bond motifs is 6. The number of thioether (sulfide) groups is 1. The minimum absolute atomic E-state index is 0.0362. The van der Waals surface area contributed by atoms with Crippen molar-refractivity contribution in [3.8, 4) is 16.9 Å². The highest BCUT2D eigenvalue weighted by atomic mass is 32.2. The van der Waals surface area contributed by atoms with Crippen LogP contribution in [0.25, 0.3) is 28.0 Å². The second-order valence-corrected chi connectivity index (χ2v) is 12.6. The number of aryl methyl sites for hydroxylation is 1. The molecule has 3 aromatic heterocycles. The summed E-state index contributed by atoms with van der Waals surface area (Å²) in [5.74, 6) is -0.410. The molecular formula is C32H30F2N6O2S. The van der Waals surface area contributed by atoms with E-state index in [-0.39, 0.29) is 40.8 Å². The molecule has 7 rings (SSSR count). The maximum atomic E-state index is 16.2. The monoisotopic (exact) mass is 600 g/mol. The van der Waals surface area contributed by atoms with Gasteiger partial charge in [-0.3, -0.25) is 9.78 Å². The molecule has 0 N–H and O–H groups in total. The predicted molar refractivity (Wildman–Crippen MR) is 163 cm³/mol. The van der Waals surface area contributed by atoms with Crippen molar-refractivity contribution in [1.82, 2.24) is 24.4 Å². The Bertz CT molecular complexity index is 1880. The van der Waals surface area contributed by atoms with E-state index in [4.69, 9.17) is 4.98 Å². The van der Waals surface area contributed by atoms with Gasteiger partial charge in [-0.1, -0.05) is 32.6 Å². The van der Waals surface area contributed by atoms with Gasteiger partial charge in [0.2, 0.25) is 5.91 Å². The van der Waals surface area contributed by atoms with Crippen molar-refractivity contribution < 1.29 is 13.6 Å². The van der Waals surface area contributed by atoms with Crippen molar-refractivity contribution in [1.29, 1.82) is 0 Å². The van der Waals surface area contributed by atoms with E-state index in [1.807, 2.05) is 24.8 Å². The molecule has 11 heteroatoms. The van der Waals surface area contributed by atoms with E-state index in [2.05, 4.69) is 16.5 Å². The van der Waals surface area contributed by atoms with Crippen LogP contribution in [0.4, 0.5) is 14.6 Å². The maximum absolute atomic E-state index is 16.2. The van der Waals surface area contributed by atoms with Gasteiger partial charge in [0.15, 0.2) is 5.65 Å². The first-order valence-electron chi connectivity index (χ1n) is 14.5. The van der Waals surface area contributed by atoms with Crippen LogP contribution in [-0.4, -0.2) is 61.3 Å². The van der Waals surface area contributed by atoms with Crippen LogP contribution < -0.4 is 10.6 Å². The fourth-order valence-electron chi connectivity index (χ4n) is 6.44. The van der Waals surface area contributed by atoms with Gasteiger partial charge in [-0.2, -0.15) is 4.98 Å². The Hall–Kier alpha value is -4.12. The first-order chi connectivity index (χ1) is 20.8. The summed E-state index contributed by atoms with van der Waals surface area (Å²) < 4.78 is 33.0. The van der Waals surface area contributed by atoms with E-state index in [1.165, 1.54) is 22.8 Å². The van der Waals surface area contributed by atoms with Gasteiger partial charge in [0.25, 0.3) is 0 Å². The standard InChI is InChI=1S/C32H30F2N6O2S/c1-4-25(41)38-12-13-39(23-16-22(23)38)30-19-15-21(34)28-26-18(7-5-9-20(26)33)8-6-14-43-24-10-11-35-27(17(2)3)29(24)40(31(19)36-28)32(42)37-30/h4-5,7,9-11,15,17,22-23H,1,6,8,12-14,16H2,2-3H3/t22-,23?/m1/s1. The van der Waals surface area contributed by atoms with E-state index in [0.29, 0.717) is 66.3 Å². The summed E-state index contributed by atoms with van der Waals surface area (Å²) in [5.41, 5.74) is 1.52. The number of piperazine rings is 1. The largest absolute Gasteiger partial charge is 0.355 e. The number of carbonyl (C=O) groups excluding carboxylic acids is 1. The minimum atomic E-state index is -0.693. The zero-order chi connectivity index (χ0) is 30.0. The summed E-state index contributed by atoms with van der Waals surface area (Å²) in [7, 11) is 0. The molecule has 220 valence electrons. The van der Waals surface area contributed by atoms with Gasteiger partial charge in [0.05, 0.1) is 28.9 Å². The molecule has 3 aliphatic rings. The number of pyridine rings is 2. The molecule has 43 heavy (non-hydrogen) atoms. The smallest absolute Gasteiger partial charge is 0.349 e. The number of hydrogen-bond acceptors (Lipinski definition) is 7. The van der Waals surface area contributed by atoms with Crippen molar-refractivity contribution in [3.05, 3.63) is 82.6 Å². The second kappa shape index (κ2) is 10.6. The number of halogens is 2. The van der Waals surface area contributed by atoms with Crippen LogP contribution in [0.2, 0.25) is 0 Å². The molecule has 2 aliphatic heterocycles. The van der Waals surface area contributed by atoms with Crippen LogP contribution in [0, 0.1) is 11.6 Å². The molecular weight excluding hydrogens is 570 g/mol. The Kier molecular flexibility index (Phi) is 6.80. The summed E-state index contributed by atoms with van der Waals surface area (Å²) in [6, 6.07) is 7.85. The minimum Gasteiger partial charge on any atom is -0.349 e. The van der Waals surface area contributed by atoms with Gasteiger partial charge in [-0.15, -0.1) is 11.8 Å². The van der Waals surface area contributed by atoms with Gasteiger partial charge >= 0.3 is 5.69 Å². The molecule has 8 nitrogen and oxygen atoms in total. The fraction of sp³-hybridized carbons (Fsp3) is 0.344. The molecule has 0 radical (unpaired) electrons. The molecule has 2 fully saturated rings. The quantitative estimate of drug-likeness (QED) is 0.297. The molecule has 4 aromatic rings. The molecule has 1 amide bonds. The van der Waals surface area contributed by atoms with Gasteiger partial charge < -0.3 is 9.80 Å². The third-order valence-electron chi connectivity index (χ3n) is 8.51. The second-order valence-electron chi connectivity index (χ2n) is 11.5. The normalized spacial score (nSPS) is 19.4. The lowest BCUT2D eigenvalue weighted by Gasteiger charge is -2.35. The molecule has 1 aromatic carbocycles. The zero-order valence-corrected chi connectivity index (χ0v) is 24.7. The average molecular weight is 601 g/mol. The zero-order valence-electron chi connectivity index (χ0n) is 23.9. The molecule has 1 saturated carbocycles. The van der Waals surface area contributed by atoms with E-state index >= 15 is 8.78 Å². The molecule has 0 spiro atoms. The van der Waals surface area contributed by atoms with E-state index in [1.54, 1.807) is 35.0 Å². The highest BCUT2D eigenvalue weighted by Crippen LogP contribution is 2.42. The lowest BCUT2D eigenvalue weighted by Crippen LogP contribution is -2.49. The molecule has 1 saturated heterocycles. The van der Waals surface area contributed by atoms with E-state index in [0.717, 1.165) is 4.90 Å². The van der Waals surface area contributed by atoms with Crippen LogP contribution in [0.1, 0.15) is 43.9 Å². The highest BCUT2D eigenvalue weighted by molar-refractivity contribution is 7.99. The Morgan fingerprint density at radius 1 is 1.14 bits per heavy atom. The molecule has 1 aliphatic carbocycles. The van der Waals surface area contributed by atoms with Crippen molar-refractivity contribution in [3.63, 3.8) is 0 Å². The Morgan fingerprint density at radius 2 is 1.98 bits per heavy atom. The van der Waals surface area contributed by atoms with Crippen molar-refractivity contribution in [2.45, 2.75) is 56.0 Å². The van der Waals surface area contributed by atoms with Crippen molar-refractivity contribution in [2.75, 3.05) is 23.7 Å². The summed E-state index contributed by atoms with van der Waals surface area (Å²) >= 11 is 1.60. The predicted octanol–water partition coefficient (Wildman–Crippen LogP) is 5.26. The van der Waals surface area contributed by atoms with E-state index < -0.39 is 17.3 Å². The van der Waals surface area contributed by atoms with Gasteiger partial charge in [0, 0.05) is 29.7 Å². The van der Waals surface area contributed by atoms with Gasteiger partial charge in [-0.25, -0.2) is 23.1 Å². The van der Waals surface area contributed by atoms with E-state index in [9.17, 15) is 9.59 Å². The lowest BCUT2D eigenvalue weighted by atomic mass is 9.99. The van der Waals surface area contributed by atoms with Crippen LogP contribution in [0.5, 0.6) is 0 Å². The Labute approximate surface area is 251 Å². The van der Waals surface area contributed by atoms with Gasteiger partial charge in [0.1, 0.15) is 23.1 Å². The van der Waals surface area contributed by atoms with Crippen molar-refractivity contribution in [2.24, 2.45) is 0 Å². The molecule has 5 heterocycles. The molecule has 2 atom stereocenters. The summed E-state index contributed by atoms with van der Waals surface area (Å²) in [6.07, 6.45) is 5.01. The summed E-state index contributed by atoms with van der Waals surface area (Å²) in [5, 5.41) is 0.347. The van der Waals surface area contributed by atoms with Crippen LogP contribution in [0.3, 0.4) is 0 Å². The first-order valence-corrected chi connectivity index (χ1v) is 15.5. The van der Waals surface area contributed by atoms with Crippen LogP contribution in [-0.2, 0) is 11.2 Å². The lowest BCUT2D eigenvalue weighted by molar-refractivity contribution is -0.126. The third kappa shape index (κ3) is 4.52. The number of amides is 1. The molecule has 2 bridgehead atoms. The first kappa shape index (κ1) is 27.7. The summed E-state index contributed by atoms with van der Waals surface area (Å²) in [4.78, 5) is 45.1. The number of rotatable bonds is 3. The van der Waals surface area contributed by atoms with Gasteiger partial charge in [-0.05, 0) is 60.8 Å². The topological polar surface area (TPSA) is 84.2 Å². The third-order valence-corrected chi connectivity index (χ3v) is 9.64. The number of aromatic nitrogens is 4. The summed E-state index contributed by atoms with van der Waals surface area (Å²) in [6.45, 7) is 8.45. The van der Waals surface area contributed by atoms with Crippen molar-refractivity contribution >= 4 is 34.5 Å². The Balaban J connectivity index is 1.53. The maximum Gasteiger partial charge on any atom is 0.355 e. The Morgan fingerprint density at radius 3 is 2.77 bits per heavy atom. The highest BCUT2D eigenvalue weighted by Gasteiger charge is 2.51. The fourth-order valence-corrected chi connectivity index (χ4v) is 7.44.